The van der Waals surface area contributed by atoms with Crippen LogP contribution in [-0.4, -0.2) is 69.0 Å². The first-order valence-corrected chi connectivity index (χ1v) is 12.5. The van der Waals surface area contributed by atoms with Crippen LogP contribution in [0.1, 0.15) is 88.7 Å². The van der Waals surface area contributed by atoms with E-state index in [0.717, 1.165) is 44.2 Å². The maximum absolute atomic E-state index is 13.7. The van der Waals surface area contributed by atoms with Crippen molar-refractivity contribution in [3.63, 3.8) is 0 Å². The number of likely N-dealkylation sites (tertiary alicyclic amines) is 1. The molecule has 0 radical (unpaired) electrons. The molecule has 33 heavy (non-hydrogen) atoms. The van der Waals surface area contributed by atoms with Crippen molar-refractivity contribution in [2.75, 3.05) is 19.6 Å². The van der Waals surface area contributed by atoms with Gasteiger partial charge in [-0.15, -0.1) is 0 Å². The third kappa shape index (κ3) is 6.36. The molecule has 1 N–H and O–H groups in total. The van der Waals surface area contributed by atoms with Gasteiger partial charge >= 0.3 is 0 Å². The highest BCUT2D eigenvalue weighted by atomic mass is 16.2. The van der Waals surface area contributed by atoms with Gasteiger partial charge in [0.15, 0.2) is 0 Å². The monoisotopic (exact) mass is 459 g/mol. The molecule has 3 rings (SSSR count). The summed E-state index contributed by atoms with van der Waals surface area (Å²) in [4.78, 5) is 43.1. The van der Waals surface area contributed by atoms with Gasteiger partial charge in [0.2, 0.25) is 11.8 Å². The van der Waals surface area contributed by atoms with E-state index in [1.807, 2.05) is 18.9 Å². The molecule has 0 aromatic carbocycles. The number of nitrogens with zero attached hydrogens (tertiary/aromatic N) is 4. The van der Waals surface area contributed by atoms with Crippen molar-refractivity contribution in [1.82, 2.24) is 24.9 Å². The fraction of sp³-hybridized carbons (Fsp3) is 0.760. The summed E-state index contributed by atoms with van der Waals surface area (Å²) in [6, 6.07) is -0.180. The van der Waals surface area contributed by atoms with Crippen molar-refractivity contribution in [2.45, 2.75) is 91.1 Å². The van der Waals surface area contributed by atoms with Crippen LogP contribution in [0.5, 0.6) is 0 Å². The number of amides is 3. The maximum Gasteiger partial charge on any atom is 0.254 e. The molecule has 8 nitrogen and oxygen atoms in total. The van der Waals surface area contributed by atoms with E-state index in [1.54, 1.807) is 15.8 Å². The van der Waals surface area contributed by atoms with Crippen LogP contribution < -0.4 is 5.32 Å². The molecule has 184 valence electrons. The van der Waals surface area contributed by atoms with Gasteiger partial charge in [0.1, 0.15) is 6.04 Å². The molecule has 1 saturated carbocycles. The first-order valence-electron chi connectivity index (χ1n) is 12.5. The average molecular weight is 460 g/mol. The van der Waals surface area contributed by atoms with Crippen LogP contribution in [0, 0.1) is 5.41 Å². The third-order valence-corrected chi connectivity index (χ3v) is 6.71. The van der Waals surface area contributed by atoms with Gasteiger partial charge in [-0.2, -0.15) is 5.10 Å². The number of aryl methyl sites for hydroxylation is 2. The van der Waals surface area contributed by atoms with Gasteiger partial charge in [-0.1, -0.05) is 40.5 Å². The molecule has 2 aliphatic rings. The Morgan fingerprint density at radius 1 is 1.15 bits per heavy atom. The van der Waals surface area contributed by atoms with Crippen LogP contribution in [-0.2, 0) is 23.1 Å². The molecule has 0 bridgehead atoms. The van der Waals surface area contributed by atoms with E-state index in [4.69, 9.17) is 0 Å². The Labute approximate surface area is 198 Å². The quantitative estimate of drug-likeness (QED) is 0.648. The Morgan fingerprint density at radius 3 is 2.48 bits per heavy atom. The molecule has 2 heterocycles. The van der Waals surface area contributed by atoms with Crippen molar-refractivity contribution in [3.8, 4) is 0 Å². The second kappa shape index (κ2) is 10.7. The molecule has 1 aromatic heterocycles. The summed E-state index contributed by atoms with van der Waals surface area (Å²) in [6.07, 6.45) is 8.68. The number of rotatable bonds is 8. The summed E-state index contributed by atoms with van der Waals surface area (Å²) >= 11 is 0. The van der Waals surface area contributed by atoms with Crippen molar-refractivity contribution >= 4 is 17.7 Å². The number of aromatic nitrogens is 2. The highest BCUT2D eigenvalue weighted by Crippen LogP contribution is 2.29. The summed E-state index contributed by atoms with van der Waals surface area (Å²) in [5, 5.41) is 7.33. The van der Waals surface area contributed by atoms with Gasteiger partial charge in [0.05, 0.1) is 11.3 Å². The minimum atomic E-state index is -0.374. The van der Waals surface area contributed by atoms with E-state index in [0.29, 0.717) is 38.0 Å². The summed E-state index contributed by atoms with van der Waals surface area (Å²) < 4.78 is 1.66. The minimum absolute atomic E-state index is 0.0477. The Bertz CT molecular complexity index is 851. The van der Waals surface area contributed by atoms with Crippen LogP contribution in [0.25, 0.3) is 0 Å². The van der Waals surface area contributed by atoms with E-state index >= 15 is 0 Å². The summed E-state index contributed by atoms with van der Waals surface area (Å²) in [5.74, 6) is -0.0325. The van der Waals surface area contributed by atoms with Crippen molar-refractivity contribution in [3.05, 3.63) is 17.5 Å². The first kappa shape index (κ1) is 25.2. The first-order chi connectivity index (χ1) is 15.6. The SMILES string of the molecule is CCc1nn(C)cc1C(=O)NCCN(C(=O)C1CCCN1C(=O)CC(C)(C)C)C1CCCC1. The van der Waals surface area contributed by atoms with E-state index in [9.17, 15) is 14.4 Å². The summed E-state index contributed by atoms with van der Waals surface area (Å²) in [5.41, 5.74) is 1.26. The highest BCUT2D eigenvalue weighted by Gasteiger charge is 2.39. The molecule has 1 aliphatic carbocycles. The van der Waals surface area contributed by atoms with Crippen LogP contribution in [0.15, 0.2) is 6.20 Å². The van der Waals surface area contributed by atoms with Crippen LogP contribution in [0.3, 0.4) is 0 Å². The van der Waals surface area contributed by atoms with Gasteiger partial charge in [0, 0.05) is 45.3 Å². The van der Waals surface area contributed by atoms with Crippen molar-refractivity contribution in [1.29, 1.82) is 0 Å². The smallest absolute Gasteiger partial charge is 0.254 e. The lowest BCUT2D eigenvalue weighted by Crippen LogP contribution is -2.52. The Kier molecular flexibility index (Phi) is 8.19. The number of carbonyl (C=O) groups is 3. The largest absolute Gasteiger partial charge is 0.350 e. The van der Waals surface area contributed by atoms with E-state index in [1.165, 1.54) is 0 Å². The topological polar surface area (TPSA) is 87.5 Å². The lowest BCUT2D eigenvalue weighted by atomic mass is 9.91. The zero-order valence-electron chi connectivity index (χ0n) is 21.0. The number of hydrogen-bond acceptors (Lipinski definition) is 4. The van der Waals surface area contributed by atoms with Crippen molar-refractivity contribution in [2.24, 2.45) is 12.5 Å². The lowest BCUT2D eigenvalue weighted by Gasteiger charge is -2.35. The zero-order valence-corrected chi connectivity index (χ0v) is 21.0. The van der Waals surface area contributed by atoms with Gasteiger partial charge in [-0.05, 0) is 37.5 Å². The number of nitrogens with one attached hydrogen (secondary N) is 1. The van der Waals surface area contributed by atoms with E-state index in [2.05, 4.69) is 31.2 Å². The summed E-state index contributed by atoms with van der Waals surface area (Å²) in [7, 11) is 1.81. The lowest BCUT2D eigenvalue weighted by molar-refractivity contribution is -0.146. The van der Waals surface area contributed by atoms with Gasteiger partial charge in [-0.25, -0.2) is 0 Å². The van der Waals surface area contributed by atoms with E-state index in [-0.39, 0.29) is 35.2 Å². The Morgan fingerprint density at radius 2 is 1.85 bits per heavy atom. The molecule has 1 unspecified atom stereocenters. The Hall–Kier alpha value is -2.38. The predicted octanol–water partition coefficient (Wildman–Crippen LogP) is 2.91. The maximum atomic E-state index is 13.7. The number of hydrogen-bond donors (Lipinski definition) is 1. The fourth-order valence-electron chi connectivity index (χ4n) is 5.13. The third-order valence-electron chi connectivity index (χ3n) is 6.71. The second-order valence-corrected chi connectivity index (χ2v) is 10.7. The molecular formula is C25H41N5O3. The van der Waals surface area contributed by atoms with Crippen LogP contribution in [0.2, 0.25) is 0 Å². The molecule has 0 spiro atoms. The average Bonchev–Trinajstić information content (AvgIpc) is 3.49. The normalized spacial score (nSPS) is 19.2. The molecule has 1 atom stereocenters. The standard InChI is InChI=1S/C25H41N5O3/c1-6-20-19(17-28(5)27-20)23(32)26-13-15-29(18-10-7-8-11-18)24(33)21-12-9-14-30(21)22(31)16-25(2,3)4/h17-18,21H,6-16H2,1-5H3,(H,26,32). The van der Waals surface area contributed by atoms with Crippen molar-refractivity contribution < 1.29 is 14.4 Å². The predicted molar refractivity (Wildman–Crippen MR) is 128 cm³/mol. The molecule has 3 amide bonds. The molecule has 1 aromatic rings. The zero-order chi connectivity index (χ0) is 24.2. The molecule has 1 aliphatic heterocycles. The van der Waals surface area contributed by atoms with Crippen LogP contribution >= 0.6 is 0 Å². The molecule has 2 fully saturated rings. The molecule has 8 heteroatoms. The molecular weight excluding hydrogens is 418 g/mol. The fourth-order valence-corrected chi connectivity index (χ4v) is 5.13. The Balaban J connectivity index is 1.66. The van der Waals surface area contributed by atoms with E-state index < -0.39 is 0 Å². The van der Waals surface area contributed by atoms with Gasteiger partial charge < -0.3 is 15.1 Å². The highest BCUT2D eigenvalue weighted by molar-refractivity contribution is 5.95. The van der Waals surface area contributed by atoms with Crippen LogP contribution in [0.4, 0.5) is 0 Å². The van der Waals surface area contributed by atoms with Gasteiger partial charge in [-0.3, -0.25) is 19.1 Å². The minimum Gasteiger partial charge on any atom is -0.350 e. The second-order valence-electron chi connectivity index (χ2n) is 10.7. The number of carbonyl (C=O) groups excluding carboxylic acids is 3. The summed E-state index contributed by atoms with van der Waals surface area (Å²) in [6.45, 7) is 9.65. The van der Waals surface area contributed by atoms with Gasteiger partial charge in [0.25, 0.3) is 5.91 Å². The molecule has 1 saturated heterocycles.